The molecule has 0 bridgehead atoms. The molecule has 2 aromatic carbocycles. The van der Waals surface area contributed by atoms with Crippen LogP contribution >= 0.6 is 11.8 Å². The monoisotopic (exact) mass is 461 g/mol. The molecular formula is C24H23N5O3S. The van der Waals surface area contributed by atoms with Crippen LogP contribution in [-0.4, -0.2) is 57.1 Å². The minimum absolute atomic E-state index is 0.0719. The zero-order chi connectivity index (χ0) is 22.8. The summed E-state index contributed by atoms with van der Waals surface area (Å²) < 4.78 is 12.6. The first-order valence-electron chi connectivity index (χ1n) is 10.6. The molecule has 1 aliphatic heterocycles. The third-order valence-electron chi connectivity index (χ3n) is 5.73. The lowest BCUT2D eigenvalue weighted by Crippen LogP contribution is -2.37. The Labute approximate surface area is 195 Å². The molecule has 1 amide bonds. The summed E-state index contributed by atoms with van der Waals surface area (Å²) in [6.45, 7) is 1.23. The molecule has 168 valence electrons. The van der Waals surface area contributed by atoms with E-state index in [9.17, 15) is 4.79 Å². The number of carbonyl (C=O) groups excluding carboxylic acids is 1. The maximum Gasteiger partial charge on any atom is 0.233 e. The fraction of sp³-hybridized carbons (Fsp3) is 0.250. The highest BCUT2D eigenvalue weighted by atomic mass is 32.2. The van der Waals surface area contributed by atoms with Crippen LogP contribution in [0.1, 0.15) is 11.1 Å². The molecular weight excluding hydrogens is 438 g/mol. The quantitative estimate of drug-likeness (QED) is 0.321. The molecule has 9 heteroatoms. The van der Waals surface area contributed by atoms with Crippen molar-refractivity contribution in [3.8, 4) is 17.2 Å². The summed E-state index contributed by atoms with van der Waals surface area (Å²) in [5.74, 6) is 1.77. The van der Waals surface area contributed by atoms with E-state index >= 15 is 0 Å². The van der Waals surface area contributed by atoms with Crippen molar-refractivity contribution >= 4 is 28.7 Å². The van der Waals surface area contributed by atoms with E-state index in [0.717, 1.165) is 39.5 Å². The third kappa shape index (κ3) is 4.11. The number of hydrogen-bond donors (Lipinski definition) is 0. The second-order valence-corrected chi connectivity index (χ2v) is 8.60. The molecule has 0 aliphatic carbocycles. The smallest absolute Gasteiger partial charge is 0.233 e. The van der Waals surface area contributed by atoms with Crippen molar-refractivity contribution in [2.45, 2.75) is 18.0 Å². The van der Waals surface area contributed by atoms with Crippen LogP contribution in [0.3, 0.4) is 0 Å². The second kappa shape index (κ2) is 9.11. The number of rotatable bonds is 6. The Morgan fingerprint density at radius 1 is 1.06 bits per heavy atom. The van der Waals surface area contributed by atoms with E-state index < -0.39 is 0 Å². The molecule has 33 heavy (non-hydrogen) atoms. The van der Waals surface area contributed by atoms with Gasteiger partial charge in [-0.3, -0.25) is 4.79 Å². The maximum absolute atomic E-state index is 13.0. The largest absolute Gasteiger partial charge is 0.493 e. The fourth-order valence-electron chi connectivity index (χ4n) is 4.01. The van der Waals surface area contributed by atoms with E-state index in [1.807, 2.05) is 47.4 Å². The predicted molar refractivity (Wildman–Crippen MR) is 126 cm³/mol. The van der Waals surface area contributed by atoms with Crippen LogP contribution < -0.4 is 9.47 Å². The van der Waals surface area contributed by atoms with Crippen LogP contribution in [0.15, 0.2) is 60.0 Å². The van der Waals surface area contributed by atoms with Crippen molar-refractivity contribution in [2.75, 3.05) is 26.5 Å². The number of aromatic nitrogens is 4. The number of amides is 1. The topological polar surface area (TPSA) is 82.4 Å². The molecule has 0 spiro atoms. The van der Waals surface area contributed by atoms with E-state index in [0.29, 0.717) is 24.6 Å². The lowest BCUT2D eigenvalue weighted by atomic mass is 9.99. The number of fused-ring (bicyclic) bond motifs is 2. The maximum atomic E-state index is 13.0. The molecule has 0 unspecified atom stereocenters. The van der Waals surface area contributed by atoms with Gasteiger partial charge in [-0.2, -0.15) is 5.10 Å². The van der Waals surface area contributed by atoms with Crippen LogP contribution in [0.2, 0.25) is 0 Å². The van der Waals surface area contributed by atoms with Crippen LogP contribution in [0.5, 0.6) is 11.5 Å². The second-order valence-electron chi connectivity index (χ2n) is 7.64. The normalized spacial score (nSPS) is 13.1. The average molecular weight is 462 g/mol. The number of hydrogen-bond acceptors (Lipinski definition) is 7. The van der Waals surface area contributed by atoms with Gasteiger partial charge in [0.1, 0.15) is 11.4 Å². The highest BCUT2D eigenvalue weighted by Gasteiger charge is 2.23. The lowest BCUT2D eigenvalue weighted by molar-refractivity contribution is -0.129. The Bertz CT molecular complexity index is 1310. The summed E-state index contributed by atoms with van der Waals surface area (Å²) in [7, 11) is 3.25. The van der Waals surface area contributed by atoms with E-state index in [1.54, 1.807) is 25.1 Å². The fourth-order valence-corrected chi connectivity index (χ4v) is 4.88. The number of benzene rings is 2. The summed E-state index contributed by atoms with van der Waals surface area (Å²) in [4.78, 5) is 23.7. The number of ether oxygens (including phenoxy) is 2. The van der Waals surface area contributed by atoms with Gasteiger partial charge in [0.15, 0.2) is 17.1 Å². The molecule has 0 radical (unpaired) electrons. The number of carbonyl (C=O) groups is 1. The van der Waals surface area contributed by atoms with Crippen molar-refractivity contribution in [2.24, 2.45) is 0 Å². The van der Waals surface area contributed by atoms with Gasteiger partial charge in [-0.15, -0.1) is 0 Å². The van der Waals surface area contributed by atoms with Gasteiger partial charge in [0.05, 0.1) is 37.2 Å². The Morgan fingerprint density at radius 3 is 2.58 bits per heavy atom. The lowest BCUT2D eigenvalue weighted by Gasteiger charge is -2.29. The minimum Gasteiger partial charge on any atom is -0.493 e. The Hall–Kier alpha value is -3.59. The first-order chi connectivity index (χ1) is 16.2. The highest BCUT2D eigenvalue weighted by molar-refractivity contribution is 8.00. The van der Waals surface area contributed by atoms with E-state index in [-0.39, 0.29) is 5.91 Å². The number of para-hydroxylation sites is 1. The zero-order valence-electron chi connectivity index (χ0n) is 18.4. The first kappa shape index (κ1) is 21.3. The molecule has 5 rings (SSSR count). The van der Waals surface area contributed by atoms with Crippen LogP contribution in [-0.2, 0) is 17.8 Å². The molecule has 0 fully saturated rings. The van der Waals surface area contributed by atoms with Crippen molar-refractivity contribution in [3.05, 3.63) is 66.1 Å². The summed E-state index contributed by atoms with van der Waals surface area (Å²) in [5.41, 5.74) is 3.93. The van der Waals surface area contributed by atoms with Gasteiger partial charge in [0.2, 0.25) is 5.91 Å². The van der Waals surface area contributed by atoms with Gasteiger partial charge in [-0.1, -0.05) is 30.0 Å². The van der Waals surface area contributed by atoms with Crippen molar-refractivity contribution in [1.82, 2.24) is 24.6 Å². The average Bonchev–Trinajstić information content (AvgIpc) is 3.31. The van der Waals surface area contributed by atoms with Crippen molar-refractivity contribution in [3.63, 3.8) is 0 Å². The predicted octanol–water partition coefficient (Wildman–Crippen LogP) is 3.51. The Kier molecular flexibility index (Phi) is 5.87. The SMILES string of the molecule is COc1cc2c(cc1OC)CN(C(=O)CSc1ncnc3c1cnn3-c1ccccc1)CC2. The molecule has 4 aromatic rings. The van der Waals surface area contributed by atoms with Gasteiger partial charge in [0, 0.05) is 13.1 Å². The van der Waals surface area contributed by atoms with Gasteiger partial charge < -0.3 is 14.4 Å². The molecule has 2 aromatic heterocycles. The van der Waals surface area contributed by atoms with E-state index in [1.165, 1.54) is 23.7 Å². The molecule has 3 heterocycles. The minimum atomic E-state index is 0.0719. The van der Waals surface area contributed by atoms with Gasteiger partial charge in [-0.05, 0) is 41.8 Å². The van der Waals surface area contributed by atoms with Gasteiger partial charge in [-0.25, -0.2) is 14.6 Å². The van der Waals surface area contributed by atoms with Crippen molar-refractivity contribution < 1.29 is 14.3 Å². The molecule has 1 aliphatic rings. The van der Waals surface area contributed by atoms with E-state index in [2.05, 4.69) is 15.1 Å². The Morgan fingerprint density at radius 2 is 1.82 bits per heavy atom. The number of methoxy groups -OCH3 is 2. The highest BCUT2D eigenvalue weighted by Crippen LogP contribution is 2.33. The third-order valence-corrected chi connectivity index (χ3v) is 6.72. The van der Waals surface area contributed by atoms with Crippen LogP contribution in [0.25, 0.3) is 16.7 Å². The summed E-state index contributed by atoms with van der Waals surface area (Å²) >= 11 is 1.41. The number of thioether (sulfide) groups is 1. The van der Waals surface area contributed by atoms with Crippen LogP contribution in [0, 0.1) is 0 Å². The summed E-state index contributed by atoms with van der Waals surface area (Å²) in [5, 5.41) is 6.06. The molecule has 0 N–H and O–H groups in total. The van der Waals surface area contributed by atoms with Gasteiger partial charge in [0.25, 0.3) is 0 Å². The molecule has 0 saturated carbocycles. The Balaban J connectivity index is 1.30. The van der Waals surface area contributed by atoms with Crippen LogP contribution in [0.4, 0.5) is 0 Å². The van der Waals surface area contributed by atoms with E-state index in [4.69, 9.17) is 9.47 Å². The van der Waals surface area contributed by atoms with Crippen molar-refractivity contribution in [1.29, 1.82) is 0 Å². The first-order valence-corrected chi connectivity index (χ1v) is 11.5. The standard InChI is InChI=1S/C24H23N5O3S/c1-31-20-10-16-8-9-28(13-17(16)11-21(20)32-2)22(30)14-33-24-19-12-27-29(23(19)25-15-26-24)18-6-4-3-5-7-18/h3-7,10-12,15H,8-9,13-14H2,1-2H3. The summed E-state index contributed by atoms with van der Waals surface area (Å²) in [6, 6.07) is 13.8. The molecule has 0 atom stereocenters. The number of nitrogens with zero attached hydrogens (tertiary/aromatic N) is 5. The molecule has 8 nitrogen and oxygen atoms in total. The zero-order valence-corrected chi connectivity index (χ0v) is 19.2. The molecule has 0 saturated heterocycles. The summed E-state index contributed by atoms with van der Waals surface area (Å²) in [6.07, 6.45) is 4.06. The van der Waals surface area contributed by atoms with Gasteiger partial charge >= 0.3 is 0 Å².